The molecule has 2 bridgehead atoms. The molecule has 0 saturated carbocycles. The highest BCUT2D eigenvalue weighted by atomic mass is 31.2. The monoisotopic (exact) mass is 459 g/mol. The van der Waals surface area contributed by atoms with Gasteiger partial charge < -0.3 is 18.5 Å². The lowest BCUT2D eigenvalue weighted by Gasteiger charge is -2.29. The third-order valence-electron chi connectivity index (χ3n) is 6.92. The summed E-state index contributed by atoms with van der Waals surface area (Å²) in [6, 6.07) is 10.6. The number of nitrogens with zero attached hydrogens (tertiary/aromatic N) is 2. The third-order valence-corrected chi connectivity index (χ3v) is 8.65. The van der Waals surface area contributed by atoms with Crippen LogP contribution in [-0.4, -0.2) is 51.2 Å². The lowest BCUT2D eigenvalue weighted by atomic mass is 10.0. The highest BCUT2D eigenvalue weighted by molar-refractivity contribution is 7.45. The maximum atomic E-state index is 12.5. The lowest BCUT2D eigenvalue weighted by molar-refractivity contribution is -0.167. The fourth-order valence-corrected chi connectivity index (χ4v) is 7.31. The van der Waals surface area contributed by atoms with Crippen LogP contribution in [0.2, 0.25) is 0 Å². The summed E-state index contributed by atoms with van der Waals surface area (Å²) in [7, 11) is -1.28. The summed E-state index contributed by atoms with van der Waals surface area (Å²) < 4.78 is 29.1. The Morgan fingerprint density at radius 2 is 2.06 bits per heavy atom. The molecule has 5 heterocycles. The second-order valence-corrected chi connectivity index (χ2v) is 10.6. The minimum atomic E-state index is -1.28. The van der Waals surface area contributed by atoms with Crippen LogP contribution in [0.1, 0.15) is 43.2 Å². The molecule has 170 valence electrons. The molecule has 1 aromatic carbocycles. The summed E-state index contributed by atoms with van der Waals surface area (Å²) in [5.41, 5.74) is -0.0169. The molecule has 0 spiro atoms. The van der Waals surface area contributed by atoms with Crippen molar-refractivity contribution in [1.29, 1.82) is 0 Å². The van der Waals surface area contributed by atoms with Gasteiger partial charge in [-0.05, 0) is 32.3 Å². The second kappa shape index (κ2) is 7.58. The quantitative estimate of drug-likeness (QED) is 0.702. The Bertz CT molecular complexity index is 1140. The molecule has 32 heavy (non-hydrogen) atoms. The average molecular weight is 459 g/mol. The average Bonchev–Trinajstić information content (AvgIpc) is 3.51. The lowest BCUT2D eigenvalue weighted by Crippen LogP contribution is -2.40. The van der Waals surface area contributed by atoms with Gasteiger partial charge in [-0.3, -0.25) is 14.3 Å². The number of rotatable bonds is 4. The number of ether oxygens (including phenoxy) is 2. The van der Waals surface area contributed by atoms with E-state index in [9.17, 15) is 9.59 Å². The van der Waals surface area contributed by atoms with E-state index >= 15 is 0 Å². The molecular formula is C22H26N3O6P. The first kappa shape index (κ1) is 20.7. The van der Waals surface area contributed by atoms with Crippen molar-refractivity contribution in [1.82, 2.24) is 14.2 Å². The van der Waals surface area contributed by atoms with Gasteiger partial charge in [0.05, 0.1) is 6.61 Å². The van der Waals surface area contributed by atoms with Crippen molar-refractivity contribution in [2.45, 2.75) is 62.9 Å². The highest BCUT2D eigenvalue weighted by Crippen LogP contribution is 2.63. The van der Waals surface area contributed by atoms with E-state index in [4.69, 9.17) is 18.5 Å². The van der Waals surface area contributed by atoms with E-state index < -0.39 is 37.7 Å². The van der Waals surface area contributed by atoms with Gasteiger partial charge in [0.25, 0.3) is 14.1 Å². The Labute approximate surface area is 186 Å². The Hall–Kier alpha value is -1.87. The molecule has 1 aromatic heterocycles. The van der Waals surface area contributed by atoms with E-state index in [1.165, 1.54) is 16.3 Å². The van der Waals surface area contributed by atoms with Gasteiger partial charge in [0, 0.05) is 24.3 Å². The first-order valence-electron chi connectivity index (χ1n) is 11.0. The first-order valence-corrected chi connectivity index (χ1v) is 12.1. The summed E-state index contributed by atoms with van der Waals surface area (Å²) in [6.07, 6.45) is 2.19. The van der Waals surface area contributed by atoms with Gasteiger partial charge in [0.2, 0.25) is 0 Å². The predicted octanol–water partition coefficient (Wildman–Crippen LogP) is 2.38. The molecular weight excluding hydrogens is 433 g/mol. The normalized spacial score (nSPS) is 38.4. The van der Waals surface area contributed by atoms with Gasteiger partial charge in [-0.1, -0.05) is 30.3 Å². The number of hydrogen-bond acceptors (Lipinski definition) is 7. The number of fused-ring (bicyclic) bond motifs is 3. The molecule has 0 radical (unpaired) electrons. The number of benzene rings is 1. The zero-order valence-electron chi connectivity index (χ0n) is 18.0. The van der Waals surface area contributed by atoms with E-state index in [1.54, 1.807) is 6.92 Å². The maximum Gasteiger partial charge on any atom is 0.330 e. The highest BCUT2D eigenvalue weighted by Gasteiger charge is 2.63. The van der Waals surface area contributed by atoms with Gasteiger partial charge in [0.15, 0.2) is 6.23 Å². The first-order chi connectivity index (χ1) is 15.4. The van der Waals surface area contributed by atoms with Crippen molar-refractivity contribution in [3.05, 3.63) is 68.5 Å². The van der Waals surface area contributed by atoms with Gasteiger partial charge in [-0.15, -0.1) is 0 Å². The Balaban J connectivity index is 1.27. The van der Waals surface area contributed by atoms with E-state index in [0.29, 0.717) is 18.2 Å². The Morgan fingerprint density at radius 3 is 2.88 bits per heavy atom. The molecule has 9 nitrogen and oxygen atoms in total. The summed E-state index contributed by atoms with van der Waals surface area (Å²) in [5, 5.41) is 0. The molecule has 2 aromatic rings. The van der Waals surface area contributed by atoms with Crippen LogP contribution in [0.4, 0.5) is 0 Å². The van der Waals surface area contributed by atoms with Crippen LogP contribution in [0.3, 0.4) is 0 Å². The number of hydrogen-bond donors (Lipinski definition) is 1. The molecule has 4 aliphatic rings. The third kappa shape index (κ3) is 3.15. The van der Waals surface area contributed by atoms with Crippen molar-refractivity contribution in [2.24, 2.45) is 0 Å². The number of H-pyrrole nitrogens is 1. The molecule has 7 atom stereocenters. The molecule has 10 heteroatoms. The Kier molecular flexibility index (Phi) is 4.91. The minimum Gasteiger partial charge on any atom is -0.368 e. The number of aryl methyl sites for hydroxylation is 1. The summed E-state index contributed by atoms with van der Waals surface area (Å²) >= 11 is 0. The number of aromatic amines is 1. The maximum absolute atomic E-state index is 12.5. The zero-order valence-corrected chi connectivity index (χ0v) is 18.9. The van der Waals surface area contributed by atoms with Crippen molar-refractivity contribution < 1.29 is 18.5 Å². The minimum absolute atomic E-state index is 0.0150. The fourth-order valence-electron chi connectivity index (χ4n) is 5.24. The number of aromatic nitrogens is 2. The van der Waals surface area contributed by atoms with Crippen molar-refractivity contribution in [3.63, 3.8) is 0 Å². The van der Waals surface area contributed by atoms with Crippen LogP contribution in [0.25, 0.3) is 0 Å². The van der Waals surface area contributed by atoms with Crippen LogP contribution in [-0.2, 0) is 18.5 Å². The van der Waals surface area contributed by atoms with Gasteiger partial charge in [-0.25, -0.2) is 9.46 Å². The topological polar surface area (TPSA) is 95.0 Å². The van der Waals surface area contributed by atoms with Crippen LogP contribution in [0.15, 0.2) is 46.1 Å². The van der Waals surface area contributed by atoms with Crippen LogP contribution < -0.4 is 11.2 Å². The summed E-state index contributed by atoms with van der Waals surface area (Å²) in [6.45, 7) is 4.93. The molecule has 0 amide bonds. The van der Waals surface area contributed by atoms with Crippen LogP contribution >= 0.6 is 8.53 Å². The van der Waals surface area contributed by atoms with Gasteiger partial charge in [0.1, 0.15) is 23.9 Å². The van der Waals surface area contributed by atoms with Gasteiger partial charge in [-0.2, -0.15) is 0 Å². The van der Waals surface area contributed by atoms with E-state index in [1.807, 2.05) is 25.1 Å². The molecule has 4 saturated heterocycles. The fraction of sp³-hybridized carbons (Fsp3) is 0.545. The predicted molar refractivity (Wildman–Crippen MR) is 116 cm³/mol. The van der Waals surface area contributed by atoms with Crippen molar-refractivity contribution in [2.75, 3.05) is 13.2 Å². The second-order valence-electron chi connectivity index (χ2n) is 9.15. The smallest absolute Gasteiger partial charge is 0.330 e. The van der Waals surface area contributed by atoms with E-state index in [0.717, 1.165) is 19.4 Å². The van der Waals surface area contributed by atoms with E-state index in [2.05, 4.69) is 21.8 Å². The molecule has 1 unspecified atom stereocenters. The molecule has 6 rings (SSSR count). The largest absolute Gasteiger partial charge is 0.368 e. The zero-order chi connectivity index (χ0) is 22.0. The molecule has 4 aliphatic heterocycles. The summed E-state index contributed by atoms with van der Waals surface area (Å²) in [4.78, 5) is 26.6. The van der Waals surface area contributed by atoms with Gasteiger partial charge >= 0.3 is 5.69 Å². The number of nitrogens with one attached hydrogen (secondary N) is 1. The molecule has 4 fully saturated rings. The summed E-state index contributed by atoms with van der Waals surface area (Å²) in [5.74, 6) is 0. The van der Waals surface area contributed by atoms with Crippen LogP contribution in [0.5, 0.6) is 0 Å². The molecule has 1 N–H and O–H groups in total. The molecule has 0 aliphatic carbocycles. The van der Waals surface area contributed by atoms with Crippen molar-refractivity contribution in [3.8, 4) is 0 Å². The SMILES string of the molecule is Cc1cn([C@@H]2O[C@]3(C)CO[C@H]2C3O[P@@]2O[C@H](c3ccccc3)[C@@H]3CCCN32)c(=O)[nH]c1=O. The van der Waals surface area contributed by atoms with E-state index in [-0.39, 0.29) is 12.2 Å². The van der Waals surface area contributed by atoms with Crippen LogP contribution in [0, 0.1) is 6.92 Å². The Morgan fingerprint density at radius 1 is 1.25 bits per heavy atom. The standard InChI is InChI=1S/C22H26N3O6P/c1-13-11-24(21(27)23-19(13)26)20-17-18(22(2,29-20)12-28-17)31-32-25-10-6-9-15(25)16(30-32)14-7-4-3-5-8-14/h3-5,7-8,11,15-18,20H,6,9-10,12H2,1-2H3,(H,23,26,27)/t15-,16+,17-,18?,20+,22+,32+/m0/s1. The van der Waals surface area contributed by atoms with Crippen molar-refractivity contribution >= 4 is 8.53 Å².